The van der Waals surface area contributed by atoms with Crippen LogP contribution < -0.4 is 0 Å². The molecule has 1 saturated heterocycles. The smallest absolute Gasteiger partial charge is 0.295 e. The van der Waals surface area contributed by atoms with Gasteiger partial charge in [0.05, 0.1) is 6.10 Å². The molecule has 4 heteroatoms. The maximum atomic E-state index is 9.67. The summed E-state index contributed by atoms with van der Waals surface area (Å²) in [5.74, 6) is 2.19. The van der Waals surface area contributed by atoms with E-state index in [4.69, 9.17) is 4.74 Å². The van der Waals surface area contributed by atoms with Gasteiger partial charge in [-0.05, 0) is 12.2 Å². The number of thioether (sulfide) groups is 1. The number of ether oxygens (including phenoxy) is 2. The molecule has 0 aromatic heterocycles. The topological polar surface area (TPSA) is 35.5 Å². The Balaban J connectivity index is 1.96. The van der Waals surface area contributed by atoms with Gasteiger partial charge >= 0.3 is 0 Å². The van der Waals surface area contributed by atoms with Gasteiger partial charge in [0.1, 0.15) is 0 Å². The van der Waals surface area contributed by atoms with Crippen LogP contribution in [0.5, 0.6) is 0 Å². The third-order valence-electron chi connectivity index (χ3n) is 1.33. The van der Waals surface area contributed by atoms with Crippen LogP contribution in [0.1, 0.15) is 6.42 Å². The Kier molecular flexibility index (Phi) is 3.60. The summed E-state index contributed by atoms with van der Waals surface area (Å²) in [5, 5.41) is 0. The van der Waals surface area contributed by atoms with Crippen molar-refractivity contribution < 1.29 is 14.3 Å². The minimum absolute atomic E-state index is 0.106. The molecule has 1 atom stereocenters. The van der Waals surface area contributed by atoms with E-state index in [-0.39, 0.29) is 6.79 Å². The predicted molar refractivity (Wildman–Crippen MR) is 38.8 cm³/mol. The molecule has 0 radical (unpaired) electrons. The molecule has 0 N–H and O–H groups in total. The van der Waals surface area contributed by atoms with Gasteiger partial charge in [-0.15, -0.1) is 0 Å². The lowest BCUT2D eigenvalue weighted by molar-refractivity contribution is -0.144. The maximum absolute atomic E-state index is 9.67. The third kappa shape index (κ3) is 2.58. The first-order valence-electron chi connectivity index (χ1n) is 3.18. The van der Waals surface area contributed by atoms with Crippen molar-refractivity contribution in [3.05, 3.63) is 0 Å². The summed E-state index contributed by atoms with van der Waals surface area (Å²) in [7, 11) is 0. The predicted octanol–water partition coefficient (Wildman–Crippen LogP) is 0.639. The average molecular weight is 162 g/mol. The summed E-state index contributed by atoms with van der Waals surface area (Å²) in [5.41, 5.74) is 0. The molecule has 1 rings (SSSR count). The highest BCUT2D eigenvalue weighted by Gasteiger charge is 2.15. The van der Waals surface area contributed by atoms with Gasteiger partial charge in [0.25, 0.3) is 6.47 Å². The normalized spacial score (nSPS) is 24.6. The fourth-order valence-electron chi connectivity index (χ4n) is 0.808. The van der Waals surface area contributed by atoms with Crippen molar-refractivity contribution in [1.82, 2.24) is 0 Å². The van der Waals surface area contributed by atoms with Crippen molar-refractivity contribution in [2.24, 2.45) is 0 Å². The second-order valence-electron chi connectivity index (χ2n) is 2.03. The molecule has 0 saturated carbocycles. The molecule has 0 spiro atoms. The molecule has 0 aromatic carbocycles. The second-order valence-corrected chi connectivity index (χ2v) is 3.18. The molecule has 58 valence electrons. The summed E-state index contributed by atoms with van der Waals surface area (Å²) < 4.78 is 9.55. The molecule has 1 fully saturated rings. The van der Waals surface area contributed by atoms with E-state index in [1.54, 1.807) is 0 Å². The Morgan fingerprint density at radius 3 is 3.20 bits per heavy atom. The van der Waals surface area contributed by atoms with Crippen molar-refractivity contribution in [1.29, 1.82) is 0 Å². The van der Waals surface area contributed by atoms with Gasteiger partial charge in [0.2, 0.25) is 0 Å². The minimum atomic E-state index is 0.106. The molecule has 1 aliphatic heterocycles. The van der Waals surface area contributed by atoms with Crippen LogP contribution in [0, 0.1) is 0 Å². The monoisotopic (exact) mass is 162 g/mol. The number of carbonyl (C=O) groups is 1. The van der Waals surface area contributed by atoms with E-state index >= 15 is 0 Å². The summed E-state index contributed by atoms with van der Waals surface area (Å²) in [6.45, 7) is 0.511. The Morgan fingerprint density at radius 1 is 1.70 bits per heavy atom. The summed E-state index contributed by atoms with van der Waals surface area (Å²) >= 11 is 1.87. The van der Waals surface area contributed by atoms with E-state index in [0.29, 0.717) is 12.6 Å². The lowest BCUT2D eigenvalue weighted by Gasteiger charge is -2.07. The molecule has 1 unspecified atom stereocenters. The van der Waals surface area contributed by atoms with Gasteiger partial charge in [-0.1, -0.05) is 0 Å². The van der Waals surface area contributed by atoms with Crippen molar-refractivity contribution in [2.45, 2.75) is 12.5 Å². The zero-order chi connectivity index (χ0) is 7.23. The van der Waals surface area contributed by atoms with Crippen LogP contribution in [-0.2, 0) is 14.3 Å². The van der Waals surface area contributed by atoms with Crippen LogP contribution in [0.15, 0.2) is 0 Å². The molecular weight excluding hydrogens is 152 g/mol. The molecule has 0 aliphatic carbocycles. The number of carbonyl (C=O) groups excluding carboxylic acids is 1. The molecular formula is C6H10O3S. The first kappa shape index (κ1) is 7.88. The van der Waals surface area contributed by atoms with Crippen molar-refractivity contribution in [2.75, 3.05) is 18.3 Å². The van der Waals surface area contributed by atoms with Gasteiger partial charge in [0, 0.05) is 5.75 Å². The zero-order valence-corrected chi connectivity index (χ0v) is 6.43. The summed E-state index contributed by atoms with van der Waals surface area (Å²) in [6, 6.07) is 0. The second kappa shape index (κ2) is 4.57. The van der Waals surface area contributed by atoms with E-state index in [2.05, 4.69) is 4.74 Å². The molecule has 0 amide bonds. The lowest BCUT2D eigenvalue weighted by Crippen LogP contribution is -2.13. The van der Waals surface area contributed by atoms with Gasteiger partial charge in [-0.25, -0.2) is 0 Å². The molecule has 1 heterocycles. The van der Waals surface area contributed by atoms with E-state index in [1.807, 2.05) is 11.8 Å². The Morgan fingerprint density at radius 2 is 2.60 bits per heavy atom. The zero-order valence-electron chi connectivity index (χ0n) is 5.62. The number of hydrogen-bond acceptors (Lipinski definition) is 4. The Hall–Kier alpha value is -0.220. The average Bonchev–Trinajstić information content (AvgIpc) is 2.41. The highest BCUT2D eigenvalue weighted by Crippen LogP contribution is 2.19. The van der Waals surface area contributed by atoms with Crippen LogP contribution in [0.3, 0.4) is 0 Å². The molecule has 0 bridgehead atoms. The van der Waals surface area contributed by atoms with Gasteiger partial charge < -0.3 is 9.47 Å². The van der Waals surface area contributed by atoms with Crippen molar-refractivity contribution in [3.8, 4) is 0 Å². The quantitative estimate of drug-likeness (QED) is 0.345. The van der Waals surface area contributed by atoms with Crippen LogP contribution in [0.2, 0.25) is 0 Å². The van der Waals surface area contributed by atoms with E-state index in [9.17, 15) is 4.79 Å². The minimum Gasteiger partial charge on any atom is -0.441 e. The Labute approximate surface area is 64.1 Å². The van der Waals surface area contributed by atoms with Crippen molar-refractivity contribution in [3.63, 3.8) is 0 Å². The molecule has 1 aliphatic rings. The fraction of sp³-hybridized carbons (Fsp3) is 0.833. The van der Waals surface area contributed by atoms with Crippen LogP contribution in [0.25, 0.3) is 0 Å². The molecule has 3 nitrogen and oxygen atoms in total. The Bertz CT molecular complexity index is 101. The lowest BCUT2D eigenvalue weighted by atomic mass is 10.3. The fourth-order valence-corrected chi connectivity index (χ4v) is 1.93. The first-order valence-corrected chi connectivity index (χ1v) is 4.33. The van der Waals surface area contributed by atoms with Crippen LogP contribution in [-0.4, -0.2) is 30.9 Å². The third-order valence-corrected chi connectivity index (χ3v) is 2.46. The van der Waals surface area contributed by atoms with E-state index in [0.717, 1.165) is 17.9 Å². The van der Waals surface area contributed by atoms with Crippen LogP contribution >= 0.6 is 11.8 Å². The summed E-state index contributed by atoms with van der Waals surface area (Å²) in [6.07, 6.45) is 1.37. The highest BCUT2D eigenvalue weighted by molar-refractivity contribution is 7.99. The van der Waals surface area contributed by atoms with Gasteiger partial charge in [-0.2, -0.15) is 11.8 Å². The first-order chi connectivity index (χ1) is 4.93. The SMILES string of the molecule is O=COCOC1CCSC1. The number of hydrogen-bond donors (Lipinski definition) is 0. The molecule has 10 heavy (non-hydrogen) atoms. The largest absolute Gasteiger partial charge is 0.441 e. The van der Waals surface area contributed by atoms with E-state index < -0.39 is 0 Å². The van der Waals surface area contributed by atoms with E-state index in [1.165, 1.54) is 0 Å². The van der Waals surface area contributed by atoms with Crippen LogP contribution in [0.4, 0.5) is 0 Å². The number of rotatable bonds is 4. The van der Waals surface area contributed by atoms with Gasteiger partial charge in [-0.3, -0.25) is 4.79 Å². The highest BCUT2D eigenvalue weighted by atomic mass is 32.2. The van der Waals surface area contributed by atoms with Crippen molar-refractivity contribution >= 4 is 18.2 Å². The van der Waals surface area contributed by atoms with Gasteiger partial charge in [0.15, 0.2) is 6.79 Å². The maximum Gasteiger partial charge on any atom is 0.295 e. The molecule has 0 aromatic rings. The summed E-state index contributed by atoms with van der Waals surface area (Å²) in [4.78, 5) is 9.67. The standard InChI is InChI=1S/C6H10O3S/c7-4-8-5-9-6-1-2-10-3-6/h4,6H,1-3,5H2.